The van der Waals surface area contributed by atoms with Crippen LogP contribution in [0.3, 0.4) is 0 Å². The number of furan rings is 1. The predicted octanol–water partition coefficient (Wildman–Crippen LogP) is 12.0. The zero-order chi connectivity index (χ0) is 30.9. The van der Waals surface area contributed by atoms with Crippen LogP contribution in [0.25, 0.3) is 88.2 Å². The van der Waals surface area contributed by atoms with Gasteiger partial charge in [-0.3, -0.25) is 0 Å². The number of hydrogen-bond acceptors (Lipinski definition) is 1. The van der Waals surface area contributed by atoms with Crippen molar-refractivity contribution < 1.29 is 4.42 Å². The molecule has 3 heteroatoms. The second-order valence-corrected chi connectivity index (χ2v) is 12.1. The highest BCUT2D eigenvalue weighted by Gasteiger charge is 2.26. The molecule has 3 aromatic heterocycles. The van der Waals surface area contributed by atoms with Gasteiger partial charge in [0.15, 0.2) is 0 Å². The average molecular weight is 601 g/mol. The van der Waals surface area contributed by atoms with Crippen LogP contribution in [0.15, 0.2) is 174 Å². The summed E-state index contributed by atoms with van der Waals surface area (Å²) in [4.78, 5) is 0. The summed E-state index contributed by atoms with van der Waals surface area (Å²) in [7, 11) is 0. The van der Waals surface area contributed by atoms with Gasteiger partial charge in [-0.25, -0.2) is 0 Å². The first-order valence-corrected chi connectivity index (χ1v) is 16.0. The third kappa shape index (κ3) is 3.81. The van der Waals surface area contributed by atoms with Gasteiger partial charge in [0.25, 0.3) is 0 Å². The first-order valence-electron chi connectivity index (χ1n) is 16.0. The fourth-order valence-electron chi connectivity index (χ4n) is 7.57. The molecule has 0 saturated carbocycles. The van der Waals surface area contributed by atoms with E-state index < -0.39 is 0 Å². The molecule has 0 fully saturated rings. The molecule has 0 aliphatic carbocycles. The van der Waals surface area contributed by atoms with E-state index in [1.165, 1.54) is 60.0 Å². The van der Waals surface area contributed by atoms with Gasteiger partial charge in [0.2, 0.25) is 0 Å². The van der Waals surface area contributed by atoms with E-state index in [2.05, 4.69) is 161 Å². The van der Waals surface area contributed by atoms with Crippen LogP contribution in [0.5, 0.6) is 0 Å². The summed E-state index contributed by atoms with van der Waals surface area (Å²) in [6.07, 6.45) is 1.74. The van der Waals surface area contributed by atoms with Crippen LogP contribution in [0.1, 0.15) is 0 Å². The van der Waals surface area contributed by atoms with E-state index in [4.69, 9.17) is 4.42 Å². The molecule has 0 saturated heterocycles. The Labute approximate surface area is 271 Å². The SMILES string of the molecule is c1ccc(-c2ccc(-n3c4ccc(-c5ccco5)cc4c4c3c3c5ccccc5c5ccccc5c3n4-c3ccccc3)cc2)cc1. The maximum atomic E-state index is 5.90. The van der Waals surface area contributed by atoms with Gasteiger partial charge in [0, 0.05) is 33.1 Å². The number of aromatic nitrogens is 2. The lowest BCUT2D eigenvalue weighted by Gasteiger charge is -2.14. The first-order chi connectivity index (χ1) is 23.3. The largest absolute Gasteiger partial charge is 0.464 e. The summed E-state index contributed by atoms with van der Waals surface area (Å²) >= 11 is 0. The number of rotatable bonds is 4. The zero-order valence-electron chi connectivity index (χ0n) is 25.5. The van der Waals surface area contributed by atoms with Crippen LogP contribution in [-0.2, 0) is 0 Å². The molecule has 0 aliphatic rings. The van der Waals surface area contributed by atoms with E-state index in [0.29, 0.717) is 0 Å². The maximum Gasteiger partial charge on any atom is 0.133 e. The molecule has 0 atom stereocenters. The van der Waals surface area contributed by atoms with Crippen LogP contribution in [0, 0.1) is 0 Å². The molecule has 10 rings (SSSR count). The van der Waals surface area contributed by atoms with E-state index in [9.17, 15) is 0 Å². The molecule has 0 N–H and O–H groups in total. The molecule has 7 aromatic carbocycles. The van der Waals surface area contributed by atoms with Gasteiger partial charge in [-0.2, -0.15) is 0 Å². The summed E-state index contributed by atoms with van der Waals surface area (Å²) in [6.45, 7) is 0. The predicted molar refractivity (Wildman–Crippen MR) is 196 cm³/mol. The van der Waals surface area contributed by atoms with E-state index in [1.54, 1.807) is 6.26 Å². The molecule has 0 aliphatic heterocycles. The lowest BCUT2D eigenvalue weighted by atomic mass is 9.97. The number of benzene rings is 7. The Morgan fingerprint density at radius 3 is 1.68 bits per heavy atom. The Hall–Kier alpha value is -6.32. The van der Waals surface area contributed by atoms with Crippen LogP contribution in [-0.4, -0.2) is 9.13 Å². The van der Waals surface area contributed by atoms with E-state index in [1.807, 2.05) is 12.1 Å². The van der Waals surface area contributed by atoms with Crippen molar-refractivity contribution in [1.29, 1.82) is 0 Å². The van der Waals surface area contributed by atoms with Crippen LogP contribution < -0.4 is 0 Å². The lowest BCUT2D eigenvalue weighted by Crippen LogP contribution is -1.95. The molecular weight excluding hydrogens is 572 g/mol. The minimum atomic E-state index is 0.860. The highest BCUT2D eigenvalue weighted by atomic mass is 16.3. The van der Waals surface area contributed by atoms with Crippen molar-refractivity contribution in [3.05, 3.63) is 170 Å². The third-order valence-electron chi connectivity index (χ3n) is 9.58. The minimum absolute atomic E-state index is 0.860. The molecule has 0 radical (unpaired) electrons. The van der Waals surface area contributed by atoms with Crippen LogP contribution >= 0.6 is 0 Å². The number of nitrogens with zero attached hydrogens (tertiary/aromatic N) is 2. The molecule has 0 amide bonds. The highest BCUT2D eigenvalue weighted by Crippen LogP contribution is 2.47. The summed E-state index contributed by atoms with van der Waals surface area (Å²) in [5, 5.41) is 7.43. The summed E-state index contributed by atoms with van der Waals surface area (Å²) in [5.74, 6) is 0.860. The van der Waals surface area contributed by atoms with Crippen molar-refractivity contribution in [3.63, 3.8) is 0 Å². The van der Waals surface area contributed by atoms with Gasteiger partial charge in [-0.1, -0.05) is 109 Å². The van der Waals surface area contributed by atoms with E-state index in [-0.39, 0.29) is 0 Å². The van der Waals surface area contributed by atoms with Crippen LogP contribution in [0.2, 0.25) is 0 Å². The second-order valence-electron chi connectivity index (χ2n) is 12.1. The zero-order valence-corrected chi connectivity index (χ0v) is 25.5. The number of hydrogen-bond donors (Lipinski definition) is 0. The van der Waals surface area contributed by atoms with Gasteiger partial charge in [0.05, 0.1) is 28.3 Å². The Kier molecular flexibility index (Phi) is 5.57. The van der Waals surface area contributed by atoms with Crippen molar-refractivity contribution >= 4 is 54.4 Å². The molecule has 47 heavy (non-hydrogen) atoms. The Morgan fingerprint density at radius 1 is 0.362 bits per heavy atom. The van der Waals surface area contributed by atoms with Crippen molar-refractivity contribution in [3.8, 4) is 33.8 Å². The standard InChI is InChI=1S/C44H28N2O/c1-3-12-29(13-4-1)30-21-24-33(25-22-30)45-39-26-23-31(40-20-11-27-47-40)28-38(39)43-44(45)41-36-18-9-7-16-34(36)35-17-8-10-19-37(35)42(41)46(43)32-14-5-2-6-15-32/h1-28H. The molecule has 220 valence electrons. The summed E-state index contributed by atoms with van der Waals surface area (Å²) < 4.78 is 10.9. The van der Waals surface area contributed by atoms with E-state index >= 15 is 0 Å². The fraction of sp³-hybridized carbons (Fsp3) is 0. The monoisotopic (exact) mass is 600 g/mol. The van der Waals surface area contributed by atoms with Crippen molar-refractivity contribution in [2.75, 3.05) is 0 Å². The van der Waals surface area contributed by atoms with Gasteiger partial charge >= 0.3 is 0 Å². The fourth-order valence-corrected chi connectivity index (χ4v) is 7.57. The molecule has 0 bridgehead atoms. The molecule has 3 nitrogen and oxygen atoms in total. The van der Waals surface area contributed by atoms with Crippen molar-refractivity contribution in [2.24, 2.45) is 0 Å². The number of para-hydroxylation sites is 1. The summed E-state index contributed by atoms with van der Waals surface area (Å²) in [5.41, 5.74) is 10.5. The number of fused-ring (bicyclic) bond motifs is 10. The molecular formula is C44H28N2O. The van der Waals surface area contributed by atoms with Gasteiger partial charge in [-0.05, 0) is 81.9 Å². The van der Waals surface area contributed by atoms with Crippen molar-refractivity contribution in [1.82, 2.24) is 9.13 Å². The molecule has 0 unspecified atom stereocenters. The summed E-state index contributed by atoms with van der Waals surface area (Å²) in [6, 6.07) is 58.8. The maximum absolute atomic E-state index is 5.90. The Bertz CT molecular complexity index is 2750. The second kappa shape index (κ2) is 10.1. The molecule has 3 heterocycles. The smallest absolute Gasteiger partial charge is 0.133 e. The minimum Gasteiger partial charge on any atom is -0.464 e. The van der Waals surface area contributed by atoms with Crippen LogP contribution in [0.4, 0.5) is 0 Å². The molecule has 0 spiro atoms. The van der Waals surface area contributed by atoms with E-state index in [0.717, 1.165) is 28.2 Å². The van der Waals surface area contributed by atoms with Gasteiger partial charge in [-0.15, -0.1) is 0 Å². The third-order valence-corrected chi connectivity index (χ3v) is 9.58. The molecule has 10 aromatic rings. The first kappa shape index (κ1) is 26.0. The topological polar surface area (TPSA) is 23.0 Å². The van der Waals surface area contributed by atoms with Crippen molar-refractivity contribution in [2.45, 2.75) is 0 Å². The Morgan fingerprint density at radius 2 is 0.957 bits per heavy atom. The average Bonchev–Trinajstić information content (AvgIpc) is 3.88. The normalized spacial score (nSPS) is 11.8. The lowest BCUT2D eigenvalue weighted by molar-refractivity contribution is 0.582. The van der Waals surface area contributed by atoms with Gasteiger partial charge < -0.3 is 13.6 Å². The highest BCUT2D eigenvalue weighted by molar-refractivity contribution is 6.34. The quantitative estimate of drug-likeness (QED) is 0.184. The van der Waals surface area contributed by atoms with Gasteiger partial charge in [0.1, 0.15) is 5.76 Å². The Balaban J connectivity index is 1.43.